The van der Waals surface area contributed by atoms with Crippen molar-refractivity contribution in [3.05, 3.63) is 23.8 Å². The molecule has 6 nitrogen and oxygen atoms in total. The van der Waals surface area contributed by atoms with Crippen LogP contribution in [0.4, 0.5) is 5.69 Å². The number of nitrogens with zero attached hydrogens (tertiary/aromatic N) is 1. The van der Waals surface area contributed by atoms with Crippen LogP contribution in [-0.4, -0.2) is 42.8 Å². The highest BCUT2D eigenvalue weighted by molar-refractivity contribution is 6.30. The van der Waals surface area contributed by atoms with Crippen molar-refractivity contribution in [3.63, 3.8) is 0 Å². The highest BCUT2D eigenvalue weighted by Crippen LogP contribution is 2.36. The molecular weight excluding hydrogens is 346 g/mol. The summed E-state index contributed by atoms with van der Waals surface area (Å²) < 4.78 is 10.7. The molecule has 1 aliphatic heterocycles. The van der Waals surface area contributed by atoms with E-state index in [9.17, 15) is 14.4 Å². The number of ketones is 1. The second-order valence-corrected chi connectivity index (χ2v) is 6.33. The molecule has 0 fully saturated rings. The lowest BCUT2D eigenvalue weighted by atomic mass is 10.0. The fraction of sp³-hybridized carbons (Fsp3) is 0.500. The number of carbonyl (C=O) groups excluding carboxylic acids is 3. The number of benzene rings is 1. The summed E-state index contributed by atoms with van der Waals surface area (Å²) in [6, 6.07) is 4.87. The zero-order valence-electron chi connectivity index (χ0n) is 14.6. The van der Waals surface area contributed by atoms with Crippen molar-refractivity contribution in [2.24, 2.45) is 5.92 Å². The second kappa shape index (κ2) is 8.34. The van der Waals surface area contributed by atoms with Crippen molar-refractivity contribution in [1.29, 1.82) is 0 Å². The molecule has 0 bridgehead atoms. The van der Waals surface area contributed by atoms with E-state index < -0.39 is 6.10 Å². The Labute approximate surface area is 152 Å². The summed E-state index contributed by atoms with van der Waals surface area (Å²) in [5.74, 6) is -0.526. The van der Waals surface area contributed by atoms with Gasteiger partial charge in [0.25, 0.3) is 5.91 Å². The summed E-state index contributed by atoms with van der Waals surface area (Å²) in [6.45, 7) is 5.96. The highest BCUT2D eigenvalue weighted by Gasteiger charge is 2.36. The Bertz CT molecular complexity index is 673. The van der Waals surface area contributed by atoms with Crippen LogP contribution in [0.3, 0.4) is 0 Å². The molecule has 1 aliphatic rings. The van der Waals surface area contributed by atoms with Gasteiger partial charge in [0.1, 0.15) is 5.75 Å². The third-order valence-corrected chi connectivity index (χ3v) is 4.15. The molecule has 136 valence electrons. The van der Waals surface area contributed by atoms with E-state index in [2.05, 4.69) is 0 Å². The van der Waals surface area contributed by atoms with E-state index in [-0.39, 0.29) is 49.0 Å². The molecule has 0 spiro atoms. The second-order valence-electron chi connectivity index (χ2n) is 6.07. The lowest BCUT2D eigenvalue weighted by Gasteiger charge is -2.36. The number of hydrogen-bond donors (Lipinski definition) is 0. The molecule has 0 saturated heterocycles. The van der Waals surface area contributed by atoms with E-state index in [1.807, 2.05) is 13.8 Å². The molecule has 1 heterocycles. The summed E-state index contributed by atoms with van der Waals surface area (Å²) in [5, 5.41) is 0. The van der Waals surface area contributed by atoms with E-state index in [0.717, 1.165) is 0 Å². The predicted octanol–water partition coefficient (Wildman–Crippen LogP) is 2.81. The van der Waals surface area contributed by atoms with Crippen LogP contribution in [0.1, 0.15) is 37.6 Å². The Morgan fingerprint density at radius 3 is 2.68 bits per heavy atom. The number of esters is 1. The first-order valence-corrected chi connectivity index (χ1v) is 8.79. The minimum absolute atomic E-state index is 0.0325. The van der Waals surface area contributed by atoms with Crippen molar-refractivity contribution >= 4 is 34.9 Å². The van der Waals surface area contributed by atoms with Crippen LogP contribution in [0, 0.1) is 5.92 Å². The number of hydrogen-bond acceptors (Lipinski definition) is 5. The number of rotatable bonds is 7. The normalized spacial score (nSPS) is 16.4. The van der Waals surface area contributed by atoms with Gasteiger partial charge in [-0.25, -0.2) is 0 Å². The molecule has 0 radical (unpaired) electrons. The Hall–Kier alpha value is -2.08. The molecule has 0 aromatic heterocycles. The van der Waals surface area contributed by atoms with E-state index in [0.29, 0.717) is 17.0 Å². The summed E-state index contributed by atoms with van der Waals surface area (Å²) >= 11 is 5.61. The lowest BCUT2D eigenvalue weighted by molar-refractivity contribution is -0.142. The Morgan fingerprint density at radius 2 is 2.08 bits per heavy atom. The van der Waals surface area contributed by atoms with Crippen LogP contribution in [0.25, 0.3) is 0 Å². The SMILES string of the molecule is CCOC(=O)CCN1C(=O)C(C(C)C)Oc2ccc(C(=O)CCl)cc21. The van der Waals surface area contributed by atoms with Gasteiger partial charge in [0.2, 0.25) is 0 Å². The van der Waals surface area contributed by atoms with Gasteiger partial charge in [-0.15, -0.1) is 11.6 Å². The van der Waals surface area contributed by atoms with Crippen LogP contribution in [-0.2, 0) is 14.3 Å². The number of fused-ring (bicyclic) bond motifs is 1. The molecule has 0 N–H and O–H groups in total. The largest absolute Gasteiger partial charge is 0.478 e. The van der Waals surface area contributed by atoms with Gasteiger partial charge in [-0.1, -0.05) is 13.8 Å². The van der Waals surface area contributed by atoms with Gasteiger partial charge in [0, 0.05) is 12.1 Å². The van der Waals surface area contributed by atoms with Crippen LogP contribution in [0.2, 0.25) is 0 Å². The predicted molar refractivity (Wildman–Crippen MR) is 94.3 cm³/mol. The quantitative estimate of drug-likeness (QED) is 0.421. The standard InChI is InChI=1S/C18H22ClNO5/c1-4-24-16(22)7-8-20-13-9-12(14(21)10-19)5-6-15(13)25-17(11(2)3)18(20)23/h5-6,9,11,17H,4,7-8,10H2,1-3H3. The van der Waals surface area contributed by atoms with Gasteiger partial charge in [-0.3, -0.25) is 14.4 Å². The molecule has 0 aliphatic carbocycles. The molecule has 1 aromatic rings. The maximum Gasteiger partial charge on any atom is 0.307 e. The minimum atomic E-state index is -0.635. The molecule has 7 heteroatoms. The molecule has 2 rings (SSSR count). The van der Waals surface area contributed by atoms with Crippen LogP contribution < -0.4 is 9.64 Å². The first-order chi connectivity index (χ1) is 11.9. The molecule has 25 heavy (non-hydrogen) atoms. The number of carbonyl (C=O) groups is 3. The van der Waals surface area contributed by atoms with E-state index in [1.165, 1.54) is 4.90 Å². The van der Waals surface area contributed by atoms with Crippen molar-refractivity contribution in [3.8, 4) is 5.75 Å². The third-order valence-electron chi connectivity index (χ3n) is 3.91. The van der Waals surface area contributed by atoms with Crippen LogP contribution in [0.5, 0.6) is 5.75 Å². The Morgan fingerprint density at radius 1 is 1.36 bits per heavy atom. The van der Waals surface area contributed by atoms with Crippen LogP contribution >= 0.6 is 11.6 Å². The average Bonchev–Trinajstić information content (AvgIpc) is 2.59. The average molecular weight is 368 g/mol. The smallest absolute Gasteiger partial charge is 0.307 e. The number of amides is 1. The van der Waals surface area contributed by atoms with Gasteiger partial charge in [-0.05, 0) is 31.0 Å². The van der Waals surface area contributed by atoms with E-state index in [1.54, 1.807) is 25.1 Å². The molecule has 1 amide bonds. The number of alkyl halides is 1. The number of Topliss-reactive ketones (excluding diaryl/α,β-unsaturated/α-hetero) is 1. The van der Waals surface area contributed by atoms with Gasteiger partial charge < -0.3 is 14.4 Å². The highest BCUT2D eigenvalue weighted by atomic mass is 35.5. The Kier molecular flexibility index (Phi) is 6.42. The van der Waals surface area contributed by atoms with Gasteiger partial charge in [-0.2, -0.15) is 0 Å². The zero-order valence-corrected chi connectivity index (χ0v) is 15.3. The fourth-order valence-electron chi connectivity index (χ4n) is 2.63. The number of anilines is 1. The Balaban J connectivity index is 2.35. The number of ether oxygens (including phenoxy) is 2. The van der Waals surface area contributed by atoms with E-state index in [4.69, 9.17) is 21.1 Å². The lowest BCUT2D eigenvalue weighted by Crippen LogP contribution is -2.49. The topological polar surface area (TPSA) is 72.9 Å². The van der Waals surface area contributed by atoms with E-state index >= 15 is 0 Å². The fourth-order valence-corrected chi connectivity index (χ4v) is 2.78. The summed E-state index contributed by atoms with van der Waals surface area (Å²) in [4.78, 5) is 37.8. The van der Waals surface area contributed by atoms with Crippen molar-refractivity contribution in [2.75, 3.05) is 23.9 Å². The summed E-state index contributed by atoms with van der Waals surface area (Å²) in [6.07, 6.45) is -0.568. The molecule has 1 unspecified atom stereocenters. The molecule has 0 saturated carbocycles. The minimum Gasteiger partial charge on any atom is -0.478 e. The first kappa shape index (κ1) is 19.2. The third kappa shape index (κ3) is 4.31. The maximum atomic E-state index is 12.8. The maximum absolute atomic E-state index is 12.8. The number of halogens is 1. The van der Waals surface area contributed by atoms with Gasteiger partial charge >= 0.3 is 5.97 Å². The zero-order chi connectivity index (χ0) is 18.6. The van der Waals surface area contributed by atoms with Crippen molar-refractivity contribution in [1.82, 2.24) is 0 Å². The summed E-state index contributed by atoms with van der Waals surface area (Å²) in [5.41, 5.74) is 0.872. The van der Waals surface area contributed by atoms with Gasteiger partial charge in [0.05, 0.1) is 24.6 Å². The first-order valence-electron chi connectivity index (χ1n) is 8.25. The molecule has 1 atom stereocenters. The van der Waals surface area contributed by atoms with Crippen molar-refractivity contribution in [2.45, 2.75) is 33.3 Å². The van der Waals surface area contributed by atoms with Gasteiger partial charge in [0.15, 0.2) is 11.9 Å². The summed E-state index contributed by atoms with van der Waals surface area (Å²) in [7, 11) is 0. The molecular formula is C18H22ClNO5. The monoisotopic (exact) mass is 367 g/mol. The van der Waals surface area contributed by atoms with Crippen molar-refractivity contribution < 1.29 is 23.9 Å². The van der Waals surface area contributed by atoms with Crippen LogP contribution in [0.15, 0.2) is 18.2 Å². The molecule has 1 aromatic carbocycles.